The second-order valence-electron chi connectivity index (χ2n) is 5.00. The zero-order valence-electron chi connectivity index (χ0n) is 12.0. The maximum absolute atomic E-state index is 8.95. The molecule has 19 heavy (non-hydrogen) atoms. The number of nitrogens with one attached hydrogen (secondary N) is 1. The van der Waals surface area contributed by atoms with Gasteiger partial charge in [0.15, 0.2) is 0 Å². The average Bonchev–Trinajstić information content (AvgIpc) is 2.48. The Kier molecular flexibility index (Phi) is 7.91. The Morgan fingerprint density at radius 3 is 2.53 bits per heavy atom. The summed E-state index contributed by atoms with van der Waals surface area (Å²) in [7, 11) is 1.31. The highest BCUT2D eigenvalue weighted by Gasteiger charge is 2.11. The van der Waals surface area contributed by atoms with E-state index in [1.54, 1.807) is 0 Å². The largest absolute Gasteiger partial charge is 0.471 e. The summed E-state index contributed by atoms with van der Waals surface area (Å²) in [6.07, 6.45) is 6.65. The van der Waals surface area contributed by atoms with Gasteiger partial charge in [-0.2, -0.15) is 0 Å². The first-order valence-corrected chi connectivity index (χ1v) is 7.01. The van der Waals surface area contributed by atoms with Crippen LogP contribution in [0.5, 0.6) is 0 Å². The third-order valence-electron chi connectivity index (χ3n) is 3.41. The minimum absolute atomic E-state index is 0.375. The van der Waals surface area contributed by atoms with Crippen molar-refractivity contribution < 1.29 is 9.53 Å². The van der Waals surface area contributed by atoms with E-state index in [1.165, 1.54) is 56.9 Å². The van der Waals surface area contributed by atoms with Crippen molar-refractivity contribution in [2.75, 3.05) is 13.7 Å². The van der Waals surface area contributed by atoms with Crippen LogP contribution in [0.15, 0.2) is 24.3 Å². The summed E-state index contributed by atoms with van der Waals surface area (Å²) in [6, 6.07) is 9.71. The van der Waals surface area contributed by atoms with E-state index in [0.717, 1.165) is 6.04 Å². The lowest BCUT2D eigenvalue weighted by molar-refractivity contribution is -0.126. The number of hydrogen-bond donors (Lipinski definition) is 1. The second-order valence-corrected chi connectivity index (χ2v) is 5.00. The van der Waals surface area contributed by atoms with Crippen LogP contribution < -0.4 is 5.32 Å². The van der Waals surface area contributed by atoms with Crippen molar-refractivity contribution in [3.63, 3.8) is 0 Å². The lowest BCUT2D eigenvalue weighted by Gasteiger charge is -2.23. The number of rotatable bonds is 4. The maximum atomic E-state index is 8.95. The number of aryl methyl sites for hydroxylation is 2. The molecule has 1 aromatic carbocycles. The molecule has 1 N–H and O–H groups in total. The molecule has 0 aliphatic carbocycles. The Balaban J connectivity index is 0.000000399. The normalized spacial score (nSPS) is 18.1. The van der Waals surface area contributed by atoms with Crippen LogP contribution in [0.3, 0.4) is 0 Å². The third kappa shape index (κ3) is 6.97. The molecule has 1 fully saturated rings. The van der Waals surface area contributed by atoms with E-state index in [2.05, 4.69) is 41.2 Å². The summed E-state index contributed by atoms with van der Waals surface area (Å²) < 4.78 is 3.86. The van der Waals surface area contributed by atoms with Gasteiger partial charge in [0.1, 0.15) is 0 Å². The second kappa shape index (κ2) is 9.56. The Labute approximate surface area is 116 Å². The van der Waals surface area contributed by atoms with Crippen LogP contribution in [0, 0.1) is 6.92 Å². The summed E-state index contributed by atoms with van der Waals surface area (Å²) >= 11 is 0. The molecule has 1 atom stereocenters. The van der Waals surface area contributed by atoms with E-state index in [0.29, 0.717) is 6.47 Å². The predicted molar refractivity (Wildman–Crippen MR) is 78.2 cm³/mol. The maximum Gasteiger partial charge on any atom is 0.292 e. The summed E-state index contributed by atoms with van der Waals surface area (Å²) in [4.78, 5) is 8.95. The highest BCUT2D eigenvalue weighted by atomic mass is 16.5. The number of hydrogen-bond acceptors (Lipinski definition) is 3. The summed E-state index contributed by atoms with van der Waals surface area (Å²) in [5.74, 6) is 0. The fourth-order valence-electron chi connectivity index (χ4n) is 2.27. The fourth-order valence-corrected chi connectivity index (χ4v) is 2.27. The van der Waals surface area contributed by atoms with Crippen molar-refractivity contribution in [3.8, 4) is 0 Å². The Bertz CT molecular complexity index is 342. The van der Waals surface area contributed by atoms with E-state index < -0.39 is 0 Å². The zero-order valence-corrected chi connectivity index (χ0v) is 12.0. The van der Waals surface area contributed by atoms with Crippen LogP contribution in [0.1, 0.15) is 36.8 Å². The molecule has 1 aromatic rings. The summed E-state index contributed by atoms with van der Waals surface area (Å²) in [5, 5.41) is 3.60. The number of benzene rings is 1. The summed E-state index contributed by atoms with van der Waals surface area (Å²) in [6.45, 7) is 3.74. The Hall–Kier alpha value is -1.35. The minimum Gasteiger partial charge on any atom is -0.471 e. The minimum atomic E-state index is 0.375. The van der Waals surface area contributed by atoms with Crippen LogP contribution >= 0.6 is 0 Å². The number of ether oxygens (including phenoxy) is 1. The molecular weight excluding hydrogens is 238 g/mol. The smallest absolute Gasteiger partial charge is 0.292 e. The quantitative estimate of drug-likeness (QED) is 0.849. The van der Waals surface area contributed by atoms with Gasteiger partial charge >= 0.3 is 0 Å². The van der Waals surface area contributed by atoms with Gasteiger partial charge in [0.25, 0.3) is 6.47 Å². The third-order valence-corrected chi connectivity index (χ3v) is 3.41. The molecule has 1 aliphatic rings. The van der Waals surface area contributed by atoms with Gasteiger partial charge in [-0.3, -0.25) is 4.79 Å². The molecule has 3 nitrogen and oxygen atoms in total. The van der Waals surface area contributed by atoms with E-state index in [1.807, 2.05) is 0 Å². The van der Waals surface area contributed by atoms with Gasteiger partial charge in [0, 0.05) is 6.04 Å². The van der Waals surface area contributed by atoms with Crippen molar-refractivity contribution in [2.24, 2.45) is 0 Å². The van der Waals surface area contributed by atoms with Gasteiger partial charge in [0.2, 0.25) is 0 Å². The molecule has 106 valence electrons. The van der Waals surface area contributed by atoms with Gasteiger partial charge in [-0.25, -0.2) is 0 Å². The van der Waals surface area contributed by atoms with Crippen LogP contribution in [-0.2, 0) is 16.0 Å². The highest BCUT2D eigenvalue weighted by molar-refractivity contribution is 5.36. The van der Waals surface area contributed by atoms with Crippen molar-refractivity contribution in [2.45, 2.75) is 45.1 Å². The molecule has 0 amide bonds. The first-order chi connectivity index (χ1) is 9.26. The molecule has 3 heteroatoms. The molecule has 0 bridgehead atoms. The van der Waals surface area contributed by atoms with Gasteiger partial charge in [-0.05, 0) is 44.7 Å². The van der Waals surface area contributed by atoms with E-state index in [-0.39, 0.29) is 0 Å². The van der Waals surface area contributed by atoms with Crippen LogP contribution in [0.4, 0.5) is 0 Å². The number of carbonyl (C=O) groups excluding carboxylic acids is 1. The fraction of sp³-hybridized carbons (Fsp3) is 0.562. The lowest BCUT2D eigenvalue weighted by atomic mass is 9.98. The van der Waals surface area contributed by atoms with Crippen LogP contribution in [0.2, 0.25) is 0 Å². The first kappa shape index (κ1) is 15.7. The zero-order chi connectivity index (χ0) is 13.9. The Morgan fingerprint density at radius 1 is 1.32 bits per heavy atom. The molecule has 1 aliphatic heterocycles. The van der Waals surface area contributed by atoms with Gasteiger partial charge < -0.3 is 10.1 Å². The molecule has 0 aromatic heterocycles. The molecule has 1 heterocycles. The first-order valence-electron chi connectivity index (χ1n) is 7.01. The van der Waals surface area contributed by atoms with Gasteiger partial charge in [0.05, 0.1) is 7.11 Å². The topological polar surface area (TPSA) is 38.3 Å². The lowest BCUT2D eigenvalue weighted by Crippen LogP contribution is -2.34. The van der Waals surface area contributed by atoms with Crippen molar-refractivity contribution in [1.29, 1.82) is 0 Å². The van der Waals surface area contributed by atoms with Crippen molar-refractivity contribution in [3.05, 3.63) is 35.4 Å². The van der Waals surface area contributed by atoms with Crippen LogP contribution in [0.25, 0.3) is 0 Å². The molecule has 1 saturated heterocycles. The molecule has 0 saturated carbocycles. The monoisotopic (exact) mass is 263 g/mol. The highest BCUT2D eigenvalue weighted by Crippen LogP contribution is 2.13. The standard InChI is InChI=1S/C14H21N.C2H4O2/c1-12-5-7-13(8-6-12)9-10-14-4-2-3-11-15-14;1-4-2-3/h5-8,14-15H,2-4,9-11H2,1H3;2H,1H3/t14-;/m0./s1. The molecule has 0 spiro atoms. The Morgan fingerprint density at radius 2 is 2.00 bits per heavy atom. The van der Waals surface area contributed by atoms with Crippen LogP contribution in [-0.4, -0.2) is 26.2 Å². The molecule has 2 rings (SSSR count). The SMILES string of the molecule is COC=O.Cc1ccc(CC[C@@H]2CCCCN2)cc1. The molecular formula is C16H25NO2. The summed E-state index contributed by atoms with van der Waals surface area (Å²) in [5.41, 5.74) is 2.84. The van der Waals surface area contributed by atoms with Crippen molar-refractivity contribution in [1.82, 2.24) is 5.32 Å². The van der Waals surface area contributed by atoms with Gasteiger partial charge in [-0.15, -0.1) is 0 Å². The predicted octanol–water partition coefficient (Wildman–Crippen LogP) is 2.86. The molecule has 0 unspecified atom stereocenters. The van der Waals surface area contributed by atoms with E-state index >= 15 is 0 Å². The van der Waals surface area contributed by atoms with E-state index in [9.17, 15) is 0 Å². The molecule has 0 radical (unpaired) electrons. The average molecular weight is 263 g/mol. The van der Waals surface area contributed by atoms with Gasteiger partial charge in [-0.1, -0.05) is 36.2 Å². The van der Waals surface area contributed by atoms with E-state index in [4.69, 9.17) is 4.79 Å². The number of methoxy groups -OCH3 is 1. The number of carbonyl (C=O) groups is 1. The number of piperidine rings is 1. The van der Waals surface area contributed by atoms with Crippen molar-refractivity contribution >= 4 is 6.47 Å².